The van der Waals surface area contributed by atoms with E-state index in [2.05, 4.69) is 15.5 Å². The van der Waals surface area contributed by atoms with Crippen molar-refractivity contribution in [1.29, 1.82) is 5.26 Å². The van der Waals surface area contributed by atoms with Gasteiger partial charge >= 0.3 is 0 Å². The van der Waals surface area contributed by atoms with Crippen LogP contribution in [0.5, 0.6) is 0 Å². The minimum Gasteiger partial charge on any atom is -0.382 e. The van der Waals surface area contributed by atoms with Gasteiger partial charge in [-0.05, 0) is 18.2 Å². The molecule has 0 aliphatic carbocycles. The zero-order valence-corrected chi connectivity index (χ0v) is 9.89. The third kappa shape index (κ3) is 2.63. The predicted molar refractivity (Wildman–Crippen MR) is 64.3 cm³/mol. The van der Waals surface area contributed by atoms with Crippen LogP contribution in [-0.4, -0.2) is 21.3 Å². The minimum absolute atomic E-state index is 0.311. The molecule has 1 aromatic heterocycles. The van der Waals surface area contributed by atoms with Crippen molar-refractivity contribution in [2.45, 2.75) is 6.42 Å². The Morgan fingerprint density at radius 3 is 2.94 bits per heavy atom. The van der Waals surface area contributed by atoms with Gasteiger partial charge in [0, 0.05) is 20.0 Å². The van der Waals surface area contributed by atoms with Gasteiger partial charge in [-0.25, -0.2) is 4.39 Å². The van der Waals surface area contributed by atoms with Crippen molar-refractivity contribution >= 4 is 5.69 Å². The summed E-state index contributed by atoms with van der Waals surface area (Å²) in [5.41, 5.74) is 0.697. The Kier molecular flexibility index (Phi) is 3.53. The van der Waals surface area contributed by atoms with Crippen LogP contribution in [0.3, 0.4) is 0 Å². The molecule has 0 aliphatic rings. The van der Waals surface area contributed by atoms with Crippen LogP contribution in [0.2, 0.25) is 0 Å². The molecule has 0 saturated carbocycles. The second-order valence-electron chi connectivity index (χ2n) is 3.84. The van der Waals surface area contributed by atoms with Crippen LogP contribution in [-0.2, 0) is 13.5 Å². The highest BCUT2D eigenvalue weighted by atomic mass is 19.1. The van der Waals surface area contributed by atoms with E-state index in [4.69, 9.17) is 5.26 Å². The number of anilines is 1. The normalized spacial score (nSPS) is 10.1. The van der Waals surface area contributed by atoms with Crippen LogP contribution in [0.1, 0.15) is 11.4 Å². The molecule has 0 amide bonds. The Balaban J connectivity index is 1.95. The van der Waals surface area contributed by atoms with Crippen molar-refractivity contribution in [1.82, 2.24) is 14.8 Å². The molecule has 6 heteroatoms. The number of hydrogen-bond acceptors (Lipinski definition) is 4. The minimum atomic E-state index is -0.424. The van der Waals surface area contributed by atoms with Gasteiger partial charge in [-0.2, -0.15) is 5.26 Å². The van der Waals surface area contributed by atoms with Gasteiger partial charge in [-0.15, -0.1) is 10.2 Å². The summed E-state index contributed by atoms with van der Waals surface area (Å²) < 4.78 is 15.4. The monoisotopic (exact) mass is 245 g/mol. The van der Waals surface area contributed by atoms with E-state index in [9.17, 15) is 4.39 Å². The van der Waals surface area contributed by atoms with Gasteiger partial charge in [0.1, 0.15) is 18.0 Å². The summed E-state index contributed by atoms with van der Waals surface area (Å²) in [6.45, 7) is 0.551. The van der Waals surface area contributed by atoms with E-state index in [1.165, 1.54) is 6.07 Å². The Hall–Kier alpha value is -2.42. The van der Waals surface area contributed by atoms with Gasteiger partial charge in [0.25, 0.3) is 0 Å². The van der Waals surface area contributed by atoms with Crippen LogP contribution < -0.4 is 5.32 Å². The highest BCUT2D eigenvalue weighted by molar-refractivity contribution is 5.48. The van der Waals surface area contributed by atoms with Crippen molar-refractivity contribution in [3.8, 4) is 6.07 Å². The molecule has 0 radical (unpaired) electrons. The first-order valence-electron chi connectivity index (χ1n) is 5.47. The number of aryl methyl sites for hydroxylation is 1. The number of benzene rings is 1. The maximum atomic E-state index is 13.5. The molecule has 0 unspecified atom stereocenters. The van der Waals surface area contributed by atoms with Gasteiger partial charge in [-0.3, -0.25) is 0 Å². The number of nitriles is 1. The summed E-state index contributed by atoms with van der Waals surface area (Å²) in [6.07, 6.45) is 2.27. The Bertz CT molecular complexity index is 584. The first kappa shape index (κ1) is 12.0. The van der Waals surface area contributed by atoms with Crippen molar-refractivity contribution in [3.63, 3.8) is 0 Å². The van der Waals surface area contributed by atoms with E-state index in [1.54, 1.807) is 18.5 Å². The number of rotatable bonds is 4. The van der Waals surface area contributed by atoms with Crippen LogP contribution >= 0.6 is 0 Å². The van der Waals surface area contributed by atoms with Crippen LogP contribution in [0.4, 0.5) is 10.1 Å². The quantitative estimate of drug-likeness (QED) is 0.886. The van der Waals surface area contributed by atoms with Gasteiger partial charge in [0.2, 0.25) is 0 Å². The second-order valence-corrected chi connectivity index (χ2v) is 3.84. The number of halogens is 1. The van der Waals surface area contributed by atoms with Crippen LogP contribution in [0.15, 0.2) is 24.5 Å². The molecular weight excluding hydrogens is 233 g/mol. The van der Waals surface area contributed by atoms with Crippen molar-refractivity contribution in [2.75, 3.05) is 11.9 Å². The summed E-state index contributed by atoms with van der Waals surface area (Å²) in [7, 11) is 1.86. The molecule has 2 rings (SSSR count). The first-order chi connectivity index (χ1) is 8.70. The van der Waals surface area contributed by atoms with E-state index in [1.807, 2.05) is 17.7 Å². The van der Waals surface area contributed by atoms with Crippen LogP contribution in [0.25, 0.3) is 0 Å². The summed E-state index contributed by atoms with van der Waals surface area (Å²) in [5.74, 6) is 0.406. The topological polar surface area (TPSA) is 66.5 Å². The molecule has 1 N–H and O–H groups in total. The molecule has 0 fully saturated rings. The van der Waals surface area contributed by atoms with Gasteiger partial charge in [0.15, 0.2) is 0 Å². The zero-order chi connectivity index (χ0) is 13.0. The third-order valence-corrected chi connectivity index (χ3v) is 2.57. The van der Waals surface area contributed by atoms with Crippen molar-refractivity contribution in [2.24, 2.45) is 7.05 Å². The van der Waals surface area contributed by atoms with E-state index < -0.39 is 5.82 Å². The lowest BCUT2D eigenvalue weighted by molar-refractivity contribution is 0.629. The smallest absolute Gasteiger partial charge is 0.147 e. The molecule has 1 aromatic carbocycles. The van der Waals surface area contributed by atoms with E-state index in [0.717, 1.165) is 5.82 Å². The largest absolute Gasteiger partial charge is 0.382 e. The zero-order valence-electron chi connectivity index (χ0n) is 9.89. The average Bonchev–Trinajstić information content (AvgIpc) is 2.77. The first-order valence-corrected chi connectivity index (χ1v) is 5.47. The fraction of sp³-hybridized carbons (Fsp3) is 0.250. The van der Waals surface area contributed by atoms with E-state index >= 15 is 0 Å². The van der Waals surface area contributed by atoms with Crippen molar-refractivity contribution < 1.29 is 4.39 Å². The van der Waals surface area contributed by atoms with E-state index in [-0.39, 0.29) is 0 Å². The molecule has 0 saturated heterocycles. The Morgan fingerprint density at radius 2 is 2.33 bits per heavy atom. The molecule has 18 heavy (non-hydrogen) atoms. The Labute approximate surface area is 104 Å². The summed E-state index contributed by atoms with van der Waals surface area (Å²) >= 11 is 0. The molecular formula is C12H12FN5. The number of nitrogens with one attached hydrogen (secondary N) is 1. The summed E-state index contributed by atoms with van der Waals surface area (Å²) in [4.78, 5) is 0. The molecule has 2 aromatic rings. The maximum absolute atomic E-state index is 13.5. The summed E-state index contributed by atoms with van der Waals surface area (Å²) in [5, 5.41) is 19.3. The molecule has 0 atom stereocenters. The second kappa shape index (κ2) is 5.27. The predicted octanol–water partition coefficient (Wildman–Crippen LogP) is 1.48. The summed E-state index contributed by atoms with van der Waals surface area (Å²) in [6, 6.07) is 6.24. The lowest BCUT2D eigenvalue weighted by atomic mass is 10.2. The average molecular weight is 245 g/mol. The lowest BCUT2D eigenvalue weighted by Crippen LogP contribution is -2.09. The number of nitrogens with zero attached hydrogens (tertiary/aromatic N) is 4. The fourth-order valence-electron chi connectivity index (χ4n) is 1.57. The van der Waals surface area contributed by atoms with Gasteiger partial charge < -0.3 is 9.88 Å². The third-order valence-electron chi connectivity index (χ3n) is 2.57. The molecule has 0 spiro atoms. The molecule has 92 valence electrons. The van der Waals surface area contributed by atoms with E-state index in [0.29, 0.717) is 24.2 Å². The van der Waals surface area contributed by atoms with Crippen LogP contribution in [0, 0.1) is 17.1 Å². The highest BCUT2D eigenvalue weighted by Gasteiger charge is 2.04. The SMILES string of the molecule is Cn1cnnc1CCNc1ccc(C#N)cc1F. The molecule has 0 bridgehead atoms. The fourth-order valence-corrected chi connectivity index (χ4v) is 1.57. The van der Waals surface area contributed by atoms with Gasteiger partial charge in [0.05, 0.1) is 17.3 Å². The molecule has 0 aliphatic heterocycles. The molecule has 5 nitrogen and oxygen atoms in total. The van der Waals surface area contributed by atoms with Crippen molar-refractivity contribution in [3.05, 3.63) is 41.7 Å². The van der Waals surface area contributed by atoms with Gasteiger partial charge in [-0.1, -0.05) is 0 Å². The Morgan fingerprint density at radius 1 is 1.50 bits per heavy atom. The highest BCUT2D eigenvalue weighted by Crippen LogP contribution is 2.15. The number of hydrogen-bond donors (Lipinski definition) is 1. The lowest BCUT2D eigenvalue weighted by Gasteiger charge is -2.07. The number of aromatic nitrogens is 3. The maximum Gasteiger partial charge on any atom is 0.147 e. The standard InChI is InChI=1S/C12H12FN5/c1-18-8-16-17-12(18)4-5-15-11-3-2-9(7-14)6-10(11)13/h2-3,6,8,15H,4-5H2,1H3. The molecule has 1 heterocycles.